The van der Waals surface area contributed by atoms with Gasteiger partial charge in [-0.1, -0.05) is 12.1 Å². The van der Waals surface area contributed by atoms with Crippen LogP contribution in [-0.4, -0.2) is 23.1 Å². The first-order valence-electron chi connectivity index (χ1n) is 6.65. The summed E-state index contributed by atoms with van der Waals surface area (Å²) in [6, 6.07) is 11.8. The topological polar surface area (TPSA) is 90.8 Å². The Balaban J connectivity index is 1.92. The van der Waals surface area contributed by atoms with Crippen LogP contribution in [0.5, 0.6) is 5.75 Å². The molecule has 2 aromatic rings. The average molecular weight is 376 g/mol. The van der Waals surface area contributed by atoms with Gasteiger partial charge >= 0.3 is 11.8 Å². The molecule has 0 bridgehead atoms. The normalized spacial score (nSPS) is 10.5. The van der Waals surface area contributed by atoms with Crippen molar-refractivity contribution in [2.75, 3.05) is 5.32 Å². The maximum atomic E-state index is 11.7. The molecule has 2 amide bonds. The quantitative estimate of drug-likeness (QED) is 0.437. The smallest absolute Gasteiger partial charge is 0.329 e. The van der Waals surface area contributed by atoms with Crippen molar-refractivity contribution in [3.05, 3.63) is 58.1 Å². The summed E-state index contributed by atoms with van der Waals surface area (Å²) in [5.74, 6) is -1.58. The van der Waals surface area contributed by atoms with Crippen LogP contribution in [0.2, 0.25) is 0 Å². The number of amides is 2. The van der Waals surface area contributed by atoms with Gasteiger partial charge in [-0.05, 0) is 64.3 Å². The number of hydrogen-bond donors (Lipinski definition) is 3. The van der Waals surface area contributed by atoms with Crippen molar-refractivity contribution < 1.29 is 14.7 Å². The highest BCUT2D eigenvalue weighted by molar-refractivity contribution is 9.10. The Kier molecular flexibility index (Phi) is 5.48. The molecule has 0 fully saturated rings. The number of aryl methyl sites for hydroxylation is 1. The third-order valence-electron chi connectivity index (χ3n) is 2.83. The highest BCUT2D eigenvalue weighted by atomic mass is 79.9. The van der Waals surface area contributed by atoms with Crippen molar-refractivity contribution in [3.8, 4) is 5.75 Å². The van der Waals surface area contributed by atoms with Crippen molar-refractivity contribution >= 4 is 39.6 Å². The van der Waals surface area contributed by atoms with Gasteiger partial charge in [0.2, 0.25) is 0 Å². The third kappa shape index (κ3) is 4.93. The minimum absolute atomic E-state index is 0.101. The molecular formula is C16H14BrN3O3. The molecule has 0 spiro atoms. The van der Waals surface area contributed by atoms with Crippen LogP contribution >= 0.6 is 15.9 Å². The summed E-state index contributed by atoms with van der Waals surface area (Å²) in [6.45, 7) is 1.88. The lowest BCUT2D eigenvalue weighted by Gasteiger charge is -2.04. The van der Waals surface area contributed by atoms with E-state index in [9.17, 15) is 14.7 Å². The molecule has 0 aromatic heterocycles. The number of benzene rings is 2. The van der Waals surface area contributed by atoms with Gasteiger partial charge in [0.15, 0.2) is 0 Å². The van der Waals surface area contributed by atoms with E-state index in [1.807, 2.05) is 13.0 Å². The van der Waals surface area contributed by atoms with Gasteiger partial charge in [0.25, 0.3) is 0 Å². The van der Waals surface area contributed by atoms with Crippen molar-refractivity contribution in [1.82, 2.24) is 5.43 Å². The van der Waals surface area contributed by atoms with Crippen LogP contribution in [0, 0.1) is 6.92 Å². The van der Waals surface area contributed by atoms with Crippen molar-refractivity contribution in [1.29, 1.82) is 0 Å². The fourth-order valence-electron chi connectivity index (χ4n) is 1.73. The van der Waals surface area contributed by atoms with Crippen LogP contribution < -0.4 is 10.7 Å². The van der Waals surface area contributed by atoms with Crippen LogP contribution in [0.3, 0.4) is 0 Å². The Morgan fingerprint density at radius 2 is 1.96 bits per heavy atom. The number of nitrogens with zero attached hydrogens (tertiary/aromatic N) is 1. The van der Waals surface area contributed by atoms with Gasteiger partial charge in [-0.15, -0.1) is 0 Å². The third-order valence-corrected chi connectivity index (χ3v) is 3.47. The molecule has 2 aromatic carbocycles. The van der Waals surface area contributed by atoms with E-state index < -0.39 is 11.8 Å². The summed E-state index contributed by atoms with van der Waals surface area (Å²) in [5, 5.41) is 15.6. The summed E-state index contributed by atoms with van der Waals surface area (Å²) in [6.07, 6.45) is 1.36. The lowest BCUT2D eigenvalue weighted by atomic mass is 10.2. The lowest BCUT2D eigenvalue weighted by molar-refractivity contribution is -0.136. The van der Waals surface area contributed by atoms with Crippen LogP contribution in [0.4, 0.5) is 5.69 Å². The zero-order chi connectivity index (χ0) is 16.8. The number of carbonyl (C=O) groups excluding carboxylic acids is 2. The summed E-state index contributed by atoms with van der Waals surface area (Å²) in [5.41, 5.74) is 4.30. The largest absolute Gasteiger partial charge is 0.507 e. The Labute approximate surface area is 141 Å². The first-order chi connectivity index (χ1) is 11.0. The zero-order valence-corrected chi connectivity index (χ0v) is 13.8. The molecular weight excluding hydrogens is 362 g/mol. The van der Waals surface area contributed by atoms with E-state index >= 15 is 0 Å². The van der Waals surface area contributed by atoms with Gasteiger partial charge in [0, 0.05) is 5.69 Å². The molecule has 0 aliphatic rings. The predicted molar refractivity (Wildman–Crippen MR) is 91.4 cm³/mol. The van der Waals surface area contributed by atoms with Gasteiger partial charge in [0.05, 0.1) is 10.7 Å². The maximum absolute atomic E-state index is 11.7. The van der Waals surface area contributed by atoms with E-state index in [0.29, 0.717) is 15.7 Å². The second-order valence-electron chi connectivity index (χ2n) is 4.73. The van der Waals surface area contributed by atoms with Crippen molar-refractivity contribution in [2.45, 2.75) is 6.92 Å². The molecule has 0 aliphatic heterocycles. The molecule has 6 nitrogen and oxygen atoms in total. The SMILES string of the molecule is Cc1cccc(NC(=O)C(=O)N/N=C/c2ccc(O)c(Br)c2)c1. The van der Waals surface area contributed by atoms with Gasteiger partial charge < -0.3 is 10.4 Å². The fraction of sp³-hybridized carbons (Fsp3) is 0.0625. The second kappa shape index (κ2) is 7.55. The van der Waals surface area contributed by atoms with Crippen LogP contribution in [0.25, 0.3) is 0 Å². The molecule has 0 heterocycles. The first kappa shape index (κ1) is 16.7. The Bertz CT molecular complexity index is 775. The number of phenolic OH excluding ortho intramolecular Hbond substituents is 1. The number of phenols is 1. The van der Waals surface area contributed by atoms with Crippen LogP contribution in [-0.2, 0) is 9.59 Å². The Morgan fingerprint density at radius 1 is 1.17 bits per heavy atom. The second-order valence-corrected chi connectivity index (χ2v) is 5.59. The fourth-order valence-corrected chi connectivity index (χ4v) is 2.13. The highest BCUT2D eigenvalue weighted by Crippen LogP contribution is 2.23. The molecule has 0 saturated carbocycles. The number of aromatic hydroxyl groups is 1. The molecule has 0 unspecified atom stereocenters. The molecule has 0 saturated heterocycles. The van der Waals surface area contributed by atoms with Gasteiger partial charge in [-0.25, -0.2) is 5.43 Å². The van der Waals surface area contributed by atoms with Crippen molar-refractivity contribution in [3.63, 3.8) is 0 Å². The Morgan fingerprint density at radius 3 is 2.65 bits per heavy atom. The van der Waals surface area contributed by atoms with Crippen LogP contribution in [0.1, 0.15) is 11.1 Å². The summed E-state index contributed by atoms with van der Waals surface area (Å²) in [4.78, 5) is 23.4. The number of nitrogens with one attached hydrogen (secondary N) is 2. The maximum Gasteiger partial charge on any atom is 0.329 e. The van der Waals surface area contributed by atoms with E-state index in [-0.39, 0.29) is 5.75 Å². The number of carbonyl (C=O) groups is 2. The van der Waals surface area contributed by atoms with Crippen LogP contribution in [0.15, 0.2) is 52.0 Å². The summed E-state index contributed by atoms with van der Waals surface area (Å²) in [7, 11) is 0. The molecule has 0 aliphatic carbocycles. The molecule has 118 valence electrons. The van der Waals surface area contributed by atoms with Gasteiger partial charge in [-0.3, -0.25) is 9.59 Å². The lowest BCUT2D eigenvalue weighted by Crippen LogP contribution is -2.32. The number of hydrogen-bond acceptors (Lipinski definition) is 4. The number of halogens is 1. The number of rotatable bonds is 3. The standard InChI is InChI=1S/C16H14BrN3O3/c1-10-3-2-4-12(7-10)19-15(22)16(23)20-18-9-11-5-6-14(21)13(17)8-11/h2-9,21H,1H3,(H,19,22)(H,20,23)/b18-9+. The molecule has 3 N–H and O–H groups in total. The first-order valence-corrected chi connectivity index (χ1v) is 7.44. The molecule has 2 rings (SSSR count). The van der Waals surface area contributed by atoms with E-state index in [1.165, 1.54) is 12.3 Å². The van der Waals surface area contributed by atoms with E-state index in [2.05, 4.69) is 31.8 Å². The van der Waals surface area contributed by atoms with E-state index in [4.69, 9.17) is 0 Å². The monoisotopic (exact) mass is 375 g/mol. The number of hydrazone groups is 1. The zero-order valence-electron chi connectivity index (χ0n) is 12.2. The summed E-state index contributed by atoms with van der Waals surface area (Å²) < 4.78 is 0.505. The molecule has 23 heavy (non-hydrogen) atoms. The van der Waals surface area contributed by atoms with E-state index in [1.54, 1.807) is 30.3 Å². The van der Waals surface area contributed by atoms with E-state index in [0.717, 1.165) is 5.56 Å². The predicted octanol–water partition coefficient (Wildman–Crippen LogP) is 2.55. The summed E-state index contributed by atoms with van der Waals surface area (Å²) >= 11 is 3.17. The Hall–Kier alpha value is -2.67. The van der Waals surface area contributed by atoms with Gasteiger partial charge in [0.1, 0.15) is 5.75 Å². The molecule has 0 radical (unpaired) electrons. The number of anilines is 1. The minimum atomic E-state index is -0.874. The van der Waals surface area contributed by atoms with Crippen molar-refractivity contribution in [2.24, 2.45) is 5.10 Å². The van der Waals surface area contributed by atoms with Gasteiger partial charge in [-0.2, -0.15) is 5.10 Å². The highest BCUT2D eigenvalue weighted by Gasteiger charge is 2.12. The molecule has 0 atom stereocenters. The molecule has 7 heteroatoms. The minimum Gasteiger partial charge on any atom is -0.507 e. The average Bonchev–Trinajstić information content (AvgIpc) is 2.50.